The van der Waals surface area contributed by atoms with Crippen molar-refractivity contribution in [2.75, 3.05) is 0 Å². The number of rotatable bonds is 2. The SMILES string of the molecule is O=C(c1nccc(Cl)c1Br)C1CC1. The molecule has 0 saturated heterocycles. The molecule has 2 nitrogen and oxygen atoms in total. The van der Waals surface area contributed by atoms with Gasteiger partial charge < -0.3 is 0 Å². The zero-order chi connectivity index (χ0) is 9.42. The third-order valence-corrected chi connectivity index (χ3v) is 3.37. The molecule has 1 aromatic rings. The van der Waals surface area contributed by atoms with E-state index in [-0.39, 0.29) is 11.7 Å². The Morgan fingerprint density at radius 1 is 1.62 bits per heavy atom. The van der Waals surface area contributed by atoms with Gasteiger partial charge in [-0.1, -0.05) is 11.6 Å². The Hall–Kier alpha value is -0.410. The molecule has 13 heavy (non-hydrogen) atoms. The molecule has 68 valence electrons. The molecule has 0 bridgehead atoms. The van der Waals surface area contributed by atoms with Crippen LogP contribution in [-0.4, -0.2) is 10.8 Å². The first-order valence-corrected chi connectivity index (χ1v) is 5.21. The summed E-state index contributed by atoms with van der Waals surface area (Å²) in [4.78, 5) is 15.6. The van der Waals surface area contributed by atoms with Crippen molar-refractivity contribution in [1.29, 1.82) is 0 Å². The van der Waals surface area contributed by atoms with Gasteiger partial charge in [0.25, 0.3) is 0 Å². The maximum atomic E-state index is 11.6. The van der Waals surface area contributed by atoms with E-state index < -0.39 is 0 Å². The summed E-state index contributed by atoms with van der Waals surface area (Å²) < 4.78 is 0.619. The smallest absolute Gasteiger partial charge is 0.185 e. The quantitative estimate of drug-likeness (QED) is 0.765. The standard InChI is InChI=1S/C9H7BrClNO/c10-7-6(11)3-4-12-8(7)9(13)5-1-2-5/h3-5H,1-2H2. The second-order valence-electron chi connectivity index (χ2n) is 3.09. The summed E-state index contributed by atoms with van der Waals surface area (Å²) in [5, 5.41) is 0.541. The van der Waals surface area contributed by atoms with E-state index in [0.717, 1.165) is 12.8 Å². The highest BCUT2D eigenvalue weighted by molar-refractivity contribution is 9.10. The van der Waals surface area contributed by atoms with Crippen molar-refractivity contribution in [3.05, 3.63) is 27.5 Å². The third-order valence-electron chi connectivity index (χ3n) is 2.02. The second kappa shape index (κ2) is 3.39. The highest BCUT2D eigenvalue weighted by Crippen LogP contribution is 2.35. The van der Waals surface area contributed by atoms with Gasteiger partial charge in [-0.15, -0.1) is 0 Å². The van der Waals surface area contributed by atoms with Crippen LogP contribution in [0.2, 0.25) is 5.02 Å². The number of hydrogen-bond acceptors (Lipinski definition) is 2. The molecule has 1 fully saturated rings. The fourth-order valence-corrected chi connectivity index (χ4v) is 1.71. The zero-order valence-corrected chi connectivity index (χ0v) is 9.10. The molecule has 0 spiro atoms. The van der Waals surface area contributed by atoms with Crippen molar-refractivity contribution in [1.82, 2.24) is 4.98 Å². The molecule has 2 rings (SSSR count). The first kappa shape index (κ1) is 9.16. The highest BCUT2D eigenvalue weighted by Gasteiger charge is 2.32. The van der Waals surface area contributed by atoms with E-state index in [9.17, 15) is 4.79 Å². The van der Waals surface area contributed by atoms with Crippen LogP contribution < -0.4 is 0 Å². The number of carbonyl (C=O) groups is 1. The Morgan fingerprint density at radius 3 is 2.92 bits per heavy atom. The lowest BCUT2D eigenvalue weighted by molar-refractivity contribution is 0.0962. The van der Waals surface area contributed by atoms with Crippen molar-refractivity contribution in [2.24, 2.45) is 5.92 Å². The van der Waals surface area contributed by atoms with Crippen molar-refractivity contribution >= 4 is 33.3 Å². The monoisotopic (exact) mass is 259 g/mol. The Labute approximate surface area is 89.4 Å². The fourth-order valence-electron chi connectivity index (χ4n) is 1.13. The Balaban J connectivity index is 2.38. The van der Waals surface area contributed by atoms with Gasteiger partial charge in [0.1, 0.15) is 5.69 Å². The molecule has 0 aromatic carbocycles. The molecule has 0 aliphatic heterocycles. The van der Waals surface area contributed by atoms with Crippen LogP contribution >= 0.6 is 27.5 Å². The minimum absolute atomic E-state index is 0.106. The first-order valence-electron chi connectivity index (χ1n) is 4.04. The van der Waals surface area contributed by atoms with Crippen LogP contribution in [0.3, 0.4) is 0 Å². The summed E-state index contributed by atoms with van der Waals surface area (Å²) in [5.74, 6) is 0.289. The van der Waals surface area contributed by atoms with E-state index >= 15 is 0 Å². The van der Waals surface area contributed by atoms with Crippen LogP contribution in [0.25, 0.3) is 0 Å². The van der Waals surface area contributed by atoms with Gasteiger partial charge in [-0.05, 0) is 34.8 Å². The summed E-state index contributed by atoms with van der Waals surface area (Å²) in [6.07, 6.45) is 3.53. The summed E-state index contributed by atoms with van der Waals surface area (Å²) >= 11 is 9.11. The number of ketones is 1. The third kappa shape index (κ3) is 1.76. The predicted molar refractivity (Wildman–Crippen MR) is 54.0 cm³/mol. The van der Waals surface area contributed by atoms with Crippen molar-refractivity contribution < 1.29 is 4.79 Å². The van der Waals surface area contributed by atoms with Crippen LogP contribution in [0.4, 0.5) is 0 Å². The summed E-state index contributed by atoms with van der Waals surface area (Å²) in [5.41, 5.74) is 0.468. The molecule has 0 N–H and O–H groups in total. The molecular formula is C9H7BrClNO. The van der Waals surface area contributed by atoms with E-state index in [4.69, 9.17) is 11.6 Å². The van der Waals surface area contributed by atoms with Crippen molar-refractivity contribution in [3.63, 3.8) is 0 Å². The Morgan fingerprint density at radius 2 is 2.31 bits per heavy atom. The number of Topliss-reactive ketones (excluding diaryl/α,β-unsaturated/α-hetero) is 1. The van der Waals surface area contributed by atoms with E-state index in [2.05, 4.69) is 20.9 Å². The van der Waals surface area contributed by atoms with E-state index in [1.165, 1.54) is 0 Å². The molecular weight excluding hydrogens is 253 g/mol. The predicted octanol–water partition coefficient (Wildman–Crippen LogP) is 3.09. The van der Waals surface area contributed by atoms with Crippen LogP contribution in [0, 0.1) is 5.92 Å². The van der Waals surface area contributed by atoms with E-state index in [1.54, 1.807) is 12.3 Å². The fraction of sp³-hybridized carbons (Fsp3) is 0.333. The molecule has 0 unspecified atom stereocenters. The summed E-state index contributed by atoms with van der Waals surface area (Å²) in [6.45, 7) is 0. The zero-order valence-electron chi connectivity index (χ0n) is 6.76. The maximum Gasteiger partial charge on any atom is 0.185 e. The van der Waals surface area contributed by atoms with Crippen molar-refractivity contribution in [3.8, 4) is 0 Å². The number of pyridine rings is 1. The topological polar surface area (TPSA) is 30.0 Å². The highest BCUT2D eigenvalue weighted by atomic mass is 79.9. The number of hydrogen-bond donors (Lipinski definition) is 0. The number of nitrogens with zero attached hydrogens (tertiary/aromatic N) is 1. The van der Waals surface area contributed by atoms with Gasteiger partial charge in [0, 0.05) is 12.1 Å². The number of aromatic nitrogens is 1. The van der Waals surface area contributed by atoms with Crippen LogP contribution in [0.1, 0.15) is 23.3 Å². The molecule has 0 atom stereocenters. The minimum atomic E-state index is 0.106. The molecule has 1 aliphatic rings. The minimum Gasteiger partial charge on any atom is -0.292 e. The van der Waals surface area contributed by atoms with Gasteiger partial charge in [0.2, 0.25) is 0 Å². The van der Waals surface area contributed by atoms with Gasteiger partial charge in [0.15, 0.2) is 5.78 Å². The summed E-state index contributed by atoms with van der Waals surface area (Å²) in [6, 6.07) is 1.66. The van der Waals surface area contributed by atoms with Gasteiger partial charge >= 0.3 is 0 Å². The Kier molecular flexibility index (Phi) is 2.39. The molecule has 1 aliphatic carbocycles. The van der Waals surface area contributed by atoms with Crippen molar-refractivity contribution in [2.45, 2.75) is 12.8 Å². The largest absolute Gasteiger partial charge is 0.292 e. The lowest BCUT2D eigenvalue weighted by Crippen LogP contribution is -2.05. The molecule has 1 saturated carbocycles. The molecule has 0 radical (unpaired) electrons. The van der Waals surface area contributed by atoms with Crippen LogP contribution in [-0.2, 0) is 0 Å². The lowest BCUT2D eigenvalue weighted by Gasteiger charge is -2.01. The number of carbonyl (C=O) groups excluding carboxylic acids is 1. The van der Waals surface area contributed by atoms with Gasteiger partial charge in [-0.25, -0.2) is 0 Å². The van der Waals surface area contributed by atoms with Gasteiger partial charge in [-0.3, -0.25) is 9.78 Å². The maximum absolute atomic E-state index is 11.6. The lowest BCUT2D eigenvalue weighted by atomic mass is 10.2. The van der Waals surface area contributed by atoms with Gasteiger partial charge in [0.05, 0.1) is 9.50 Å². The first-order chi connectivity index (χ1) is 6.20. The average Bonchev–Trinajstić information content (AvgIpc) is 2.91. The molecule has 0 amide bonds. The van der Waals surface area contributed by atoms with Crippen LogP contribution in [0.15, 0.2) is 16.7 Å². The normalized spacial score (nSPS) is 15.8. The molecule has 1 aromatic heterocycles. The Bertz CT molecular complexity index is 363. The summed E-state index contributed by atoms with van der Waals surface area (Å²) in [7, 11) is 0. The number of halogens is 2. The van der Waals surface area contributed by atoms with Crippen LogP contribution in [0.5, 0.6) is 0 Å². The van der Waals surface area contributed by atoms with Gasteiger partial charge in [-0.2, -0.15) is 0 Å². The second-order valence-corrected chi connectivity index (χ2v) is 4.29. The van der Waals surface area contributed by atoms with E-state index in [1.807, 2.05) is 0 Å². The average molecular weight is 261 g/mol. The van der Waals surface area contributed by atoms with E-state index in [0.29, 0.717) is 15.2 Å². The molecule has 1 heterocycles. The molecule has 4 heteroatoms.